The molecule has 0 fully saturated rings. The third kappa shape index (κ3) is 2.37. The molecule has 1 amide bonds. The van der Waals surface area contributed by atoms with Gasteiger partial charge in [-0.3, -0.25) is 4.79 Å². The normalized spacial score (nSPS) is 13.1. The Bertz CT molecular complexity index is 720. The molecule has 0 radical (unpaired) electrons. The highest BCUT2D eigenvalue weighted by Crippen LogP contribution is 2.24. The topological polar surface area (TPSA) is 81.3 Å². The fourth-order valence-electron chi connectivity index (χ4n) is 2.29. The Morgan fingerprint density at radius 3 is 2.95 bits per heavy atom. The van der Waals surface area contributed by atoms with Gasteiger partial charge < -0.3 is 15.4 Å². The van der Waals surface area contributed by atoms with Crippen LogP contribution in [0.5, 0.6) is 5.75 Å². The quantitative estimate of drug-likeness (QED) is 0.902. The minimum absolute atomic E-state index is 0.106. The standard InChI is InChI=1S/C14H13FN4O2/c1-21-12-3-2-8(4-10(12)15)13(20)19-6-9-5-17-14(16)18-11(9)7-19/h2-5H,6-7H2,1H3,(H2,16,17,18). The molecule has 0 atom stereocenters. The summed E-state index contributed by atoms with van der Waals surface area (Å²) in [7, 11) is 1.38. The summed E-state index contributed by atoms with van der Waals surface area (Å²) in [5.74, 6) is -0.550. The Hall–Kier alpha value is -2.70. The summed E-state index contributed by atoms with van der Waals surface area (Å²) in [5, 5.41) is 0. The van der Waals surface area contributed by atoms with Crippen LogP contribution in [0.3, 0.4) is 0 Å². The number of carbonyl (C=O) groups excluding carboxylic acids is 1. The highest BCUT2D eigenvalue weighted by molar-refractivity contribution is 5.94. The summed E-state index contributed by atoms with van der Waals surface area (Å²) >= 11 is 0. The van der Waals surface area contributed by atoms with Crippen molar-refractivity contribution in [3.05, 3.63) is 47.0 Å². The molecule has 1 aliphatic rings. The van der Waals surface area contributed by atoms with E-state index in [4.69, 9.17) is 10.5 Å². The van der Waals surface area contributed by atoms with E-state index >= 15 is 0 Å². The van der Waals surface area contributed by atoms with Crippen LogP contribution in [0.25, 0.3) is 0 Å². The molecular weight excluding hydrogens is 275 g/mol. The highest BCUT2D eigenvalue weighted by Gasteiger charge is 2.26. The second kappa shape index (κ2) is 5.01. The first kappa shape index (κ1) is 13.3. The van der Waals surface area contributed by atoms with Gasteiger partial charge in [-0.15, -0.1) is 0 Å². The molecule has 108 valence electrons. The Morgan fingerprint density at radius 1 is 1.43 bits per heavy atom. The van der Waals surface area contributed by atoms with E-state index in [-0.39, 0.29) is 23.2 Å². The van der Waals surface area contributed by atoms with E-state index in [1.165, 1.54) is 25.3 Å². The Kier molecular flexibility index (Phi) is 3.17. The summed E-state index contributed by atoms with van der Waals surface area (Å²) < 4.78 is 18.5. The zero-order valence-electron chi connectivity index (χ0n) is 11.3. The number of amides is 1. The maximum atomic E-state index is 13.7. The fourth-order valence-corrected chi connectivity index (χ4v) is 2.29. The van der Waals surface area contributed by atoms with Gasteiger partial charge in [-0.25, -0.2) is 14.4 Å². The van der Waals surface area contributed by atoms with Crippen molar-refractivity contribution in [1.82, 2.24) is 14.9 Å². The van der Waals surface area contributed by atoms with Gasteiger partial charge in [0.05, 0.1) is 19.3 Å². The van der Waals surface area contributed by atoms with Crippen LogP contribution in [0.2, 0.25) is 0 Å². The number of carbonyl (C=O) groups is 1. The van der Waals surface area contributed by atoms with E-state index in [0.29, 0.717) is 13.1 Å². The first-order chi connectivity index (χ1) is 10.1. The molecule has 2 N–H and O–H groups in total. The first-order valence-electron chi connectivity index (χ1n) is 6.31. The van der Waals surface area contributed by atoms with E-state index in [2.05, 4.69) is 9.97 Å². The number of nitrogen functional groups attached to an aromatic ring is 1. The Labute approximate surface area is 120 Å². The predicted octanol–water partition coefficient (Wildman–Crippen LogP) is 1.36. The third-order valence-corrected chi connectivity index (χ3v) is 3.36. The number of nitrogens with zero attached hydrogens (tertiary/aromatic N) is 3. The summed E-state index contributed by atoms with van der Waals surface area (Å²) in [4.78, 5) is 22.0. The van der Waals surface area contributed by atoms with Gasteiger partial charge in [0, 0.05) is 23.9 Å². The van der Waals surface area contributed by atoms with Crippen LogP contribution in [-0.4, -0.2) is 27.9 Å². The summed E-state index contributed by atoms with van der Waals surface area (Å²) in [5.41, 5.74) is 7.37. The van der Waals surface area contributed by atoms with Crippen LogP contribution in [0.15, 0.2) is 24.4 Å². The average molecular weight is 288 g/mol. The number of aromatic nitrogens is 2. The van der Waals surface area contributed by atoms with Crippen LogP contribution >= 0.6 is 0 Å². The molecular formula is C14H13FN4O2. The number of hydrogen-bond donors (Lipinski definition) is 1. The zero-order valence-corrected chi connectivity index (χ0v) is 11.3. The lowest BCUT2D eigenvalue weighted by molar-refractivity contribution is 0.0750. The lowest BCUT2D eigenvalue weighted by Gasteiger charge is -2.15. The second-order valence-corrected chi connectivity index (χ2v) is 4.71. The molecule has 1 aromatic heterocycles. The molecule has 1 aromatic carbocycles. The third-order valence-electron chi connectivity index (χ3n) is 3.36. The summed E-state index contributed by atoms with van der Waals surface area (Å²) in [6.07, 6.45) is 1.61. The molecule has 0 unspecified atom stereocenters. The van der Waals surface area contributed by atoms with Gasteiger partial charge in [-0.1, -0.05) is 0 Å². The van der Waals surface area contributed by atoms with Gasteiger partial charge in [0.25, 0.3) is 5.91 Å². The number of hydrogen-bond acceptors (Lipinski definition) is 5. The molecule has 6 nitrogen and oxygen atoms in total. The van der Waals surface area contributed by atoms with E-state index < -0.39 is 5.82 Å². The molecule has 2 aromatic rings. The van der Waals surface area contributed by atoms with Gasteiger partial charge in [-0.2, -0.15) is 0 Å². The SMILES string of the molecule is COc1ccc(C(=O)N2Cc3cnc(N)nc3C2)cc1F. The Morgan fingerprint density at radius 2 is 2.24 bits per heavy atom. The first-order valence-corrected chi connectivity index (χ1v) is 6.31. The maximum absolute atomic E-state index is 13.7. The van der Waals surface area contributed by atoms with Crippen molar-refractivity contribution in [2.24, 2.45) is 0 Å². The van der Waals surface area contributed by atoms with Gasteiger partial charge in [0.15, 0.2) is 11.6 Å². The second-order valence-electron chi connectivity index (χ2n) is 4.71. The van der Waals surface area contributed by atoms with Crippen LogP contribution in [-0.2, 0) is 13.1 Å². The molecule has 3 rings (SSSR count). The lowest BCUT2D eigenvalue weighted by Crippen LogP contribution is -2.25. The number of nitrogens with two attached hydrogens (primary N) is 1. The van der Waals surface area contributed by atoms with Crippen molar-refractivity contribution in [3.63, 3.8) is 0 Å². The van der Waals surface area contributed by atoms with Crippen molar-refractivity contribution in [2.45, 2.75) is 13.1 Å². The molecule has 0 saturated carbocycles. The molecule has 0 bridgehead atoms. The summed E-state index contributed by atoms with van der Waals surface area (Å²) in [6.45, 7) is 0.733. The van der Waals surface area contributed by atoms with E-state index in [9.17, 15) is 9.18 Å². The molecule has 1 aliphatic heterocycles. The smallest absolute Gasteiger partial charge is 0.254 e. The van der Waals surface area contributed by atoms with Gasteiger partial charge in [0.1, 0.15) is 0 Å². The monoisotopic (exact) mass is 288 g/mol. The van der Waals surface area contributed by atoms with Gasteiger partial charge >= 0.3 is 0 Å². The Balaban J connectivity index is 1.83. The zero-order chi connectivity index (χ0) is 15.0. The van der Waals surface area contributed by atoms with Gasteiger partial charge in [0.2, 0.25) is 5.95 Å². The number of benzene rings is 1. The van der Waals surface area contributed by atoms with Crippen molar-refractivity contribution < 1.29 is 13.9 Å². The summed E-state index contributed by atoms with van der Waals surface area (Å²) in [6, 6.07) is 4.14. The molecule has 0 aliphatic carbocycles. The van der Waals surface area contributed by atoms with Crippen molar-refractivity contribution >= 4 is 11.9 Å². The number of methoxy groups -OCH3 is 1. The largest absolute Gasteiger partial charge is 0.494 e. The van der Waals surface area contributed by atoms with Crippen molar-refractivity contribution in [2.75, 3.05) is 12.8 Å². The van der Waals surface area contributed by atoms with Crippen LogP contribution in [0.1, 0.15) is 21.6 Å². The van der Waals surface area contributed by atoms with Crippen molar-refractivity contribution in [3.8, 4) is 5.75 Å². The van der Waals surface area contributed by atoms with Gasteiger partial charge in [-0.05, 0) is 18.2 Å². The maximum Gasteiger partial charge on any atom is 0.254 e. The number of halogens is 1. The molecule has 0 saturated heterocycles. The van der Waals surface area contributed by atoms with Crippen molar-refractivity contribution in [1.29, 1.82) is 0 Å². The van der Waals surface area contributed by atoms with E-state index in [1.807, 2.05) is 0 Å². The number of anilines is 1. The molecule has 7 heteroatoms. The fraction of sp³-hybridized carbons (Fsp3) is 0.214. The predicted molar refractivity (Wildman–Crippen MR) is 73.0 cm³/mol. The average Bonchev–Trinajstić information content (AvgIpc) is 2.89. The lowest BCUT2D eigenvalue weighted by atomic mass is 10.2. The minimum Gasteiger partial charge on any atom is -0.494 e. The number of rotatable bonds is 2. The molecule has 0 spiro atoms. The van der Waals surface area contributed by atoms with E-state index in [1.54, 1.807) is 11.1 Å². The van der Waals surface area contributed by atoms with Crippen LogP contribution < -0.4 is 10.5 Å². The molecule has 21 heavy (non-hydrogen) atoms. The minimum atomic E-state index is -0.566. The van der Waals surface area contributed by atoms with E-state index in [0.717, 1.165) is 11.3 Å². The number of fused-ring (bicyclic) bond motifs is 1. The highest BCUT2D eigenvalue weighted by atomic mass is 19.1. The number of ether oxygens (including phenoxy) is 1. The van der Waals surface area contributed by atoms with Crippen LogP contribution in [0, 0.1) is 5.82 Å². The molecule has 2 heterocycles. The van der Waals surface area contributed by atoms with Crippen LogP contribution in [0.4, 0.5) is 10.3 Å².